The first-order valence-corrected chi connectivity index (χ1v) is 15.1. The van der Waals surface area contributed by atoms with E-state index in [1.165, 1.54) is 172 Å². The van der Waals surface area contributed by atoms with E-state index >= 15 is 0 Å². The van der Waals surface area contributed by atoms with Crippen molar-refractivity contribution in [1.82, 2.24) is 0 Å². The lowest BCUT2D eigenvalue weighted by molar-refractivity contribution is -0.928. The molecule has 0 saturated carbocycles. The lowest BCUT2D eigenvalue weighted by atomic mass is 10.0. The van der Waals surface area contributed by atoms with Gasteiger partial charge in [-0.25, -0.2) is 0 Å². The van der Waals surface area contributed by atoms with Gasteiger partial charge in [0, 0.05) is 0 Å². The molecule has 0 amide bonds. The molecule has 0 radical (unpaired) electrons. The SMILES string of the molecule is CCCCCCCCCCCC[N+](CCC)(CCC)CCCCCCCCCCCC.[OH-]. The van der Waals surface area contributed by atoms with Crippen LogP contribution in [-0.4, -0.2) is 36.1 Å². The Labute approximate surface area is 205 Å². The second-order valence-corrected chi connectivity index (χ2v) is 10.6. The van der Waals surface area contributed by atoms with Crippen LogP contribution in [0.15, 0.2) is 0 Å². The van der Waals surface area contributed by atoms with Gasteiger partial charge in [0.15, 0.2) is 0 Å². The van der Waals surface area contributed by atoms with E-state index < -0.39 is 0 Å². The van der Waals surface area contributed by atoms with Crippen molar-refractivity contribution in [3.05, 3.63) is 0 Å². The summed E-state index contributed by atoms with van der Waals surface area (Å²) in [4.78, 5) is 0. The molecular formula is C30H65NO. The summed E-state index contributed by atoms with van der Waals surface area (Å²) >= 11 is 0. The minimum absolute atomic E-state index is 0. The smallest absolute Gasteiger partial charge is 0.0786 e. The predicted molar refractivity (Wildman–Crippen MR) is 146 cm³/mol. The van der Waals surface area contributed by atoms with Crippen molar-refractivity contribution in [1.29, 1.82) is 0 Å². The molecule has 0 bridgehead atoms. The molecule has 0 aromatic rings. The van der Waals surface area contributed by atoms with Crippen molar-refractivity contribution in [2.45, 2.75) is 169 Å². The van der Waals surface area contributed by atoms with Crippen LogP contribution in [0.25, 0.3) is 0 Å². The third-order valence-corrected chi connectivity index (χ3v) is 7.37. The molecule has 0 rings (SSSR count). The minimum Gasteiger partial charge on any atom is -0.870 e. The fourth-order valence-electron chi connectivity index (χ4n) is 5.49. The molecule has 0 aromatic heterocycles. The Kier molecular flexibility index (Phi) is 28.9. The van der Waals surface area contributed by atoms with Crippen molar-refractivity contribution in [2.75, 3.05) is 26.2 Å². The monoisotopic (exact) mass is 456 g/mol. The number of hydrogen-bond acceptors (Lipinski definition) is 1. The summed E-state index contributed by atoms with van der Waals surface area (Å²) in [6.07, 6.45) is 31.9. The summed E-state index contributed by atoms with van der Waals surface area (Å²) in [5.74, 6) is 0. The first-order valence-electron chi connectivity index (χ1n) is 15.1. The molecule has 32 heavy (non-hydrogen) atoms. The van der Waals surface area contributed by atoms with Gasteiger partial charge in [-0.05, 0) is 38.5 Å². The van der Waals surface area contributed by atoms with Crippen molar-refractivity contribution in [3.63, 3.8) is 0 Å². The molecule has 1 N–H and O–H groups in total. The maximum Gasteiger partial charge on any atom is 0.0786 e. The third-order valence-electron chi connectivity index (χ3n) is 7.37. The summed E-state index contributed by atoms with van der Waals surface area (Å²) in [6, 6.07) is 0. The second-order valence-electron chi connectivity index (χ2n) is 10.6. The largest absolute Gasteiger partial charge is 0.870 e. The lowest BCUT2D eigenvalue weighted by Crippen LogP contribution is -2.50. The quantitative estimate of drug-likeness (QED) is 0.0941. The minimum atomic E-state index is 0. The fourth-order valence-corrected chi connectivity index (χ4v) is 5.49. The van der Waals surface area contributed by atoms with Gasteiger partial charge in [0.2, 0.25) is 0 Å². The van der Waals surface area contributed by atoms with Crippen LogP contribution in [0.3, 0.4) is 0 Å². The highest BCUT2D eigenvalue weighted by atomic mass is 16.0. The molecule has 0 heterocycles. The molecule has 0 atom stereocenters. The summed E-state index contributed by atoms with van der Waals surface area (Å²) in [5.41, 5.74) is 0. The van der Waals surface area contributed by atoms with Crippen LogP contribution in [0.1, 0.15) is 169 Å². The van der Waals surface area contributed by atoms with Gasteiger partial charge in [-0.1, -0.05) is 130 Å². The normalized spacial score (nSPS) is 11.6. The highest BCUT2D eigenvalue weighted by molar-refractivity contribution is 4.53. The topological polar surface area (TPSA) is 30.0 Å². The van der Waals surface area contributed by atoms with Crippen LogP contribution in [0.2, 0.25) is 0 Å². The van der Waals surface area contributed by atoms with Crippen LogP contribution >= 0.6 is 0 Å². The van der Waals surface area contributed by atoms with Gasteiger partial charge in [-0.15, -0.1) is 0 Å². The van der Waals surface area contributed by atoms with E-state index in [2.05, 4.69) is 27.7 Å². The third kappa shape index (κ3) is 21.7. The zero-order valence-electron chi connectivity index (χ0n) is 23.3. The number of rotatable bonds is 26. The van der Waals surface area contributed by atoms with E-state index in [0.717, 1.165) is 0 Å². The zero-order valence-corrected chi connectivity index (χ0v) is 23.3. The van der Waals surface area contributed by atoms with Gasteiger partial charge < -0.3 is 9.96 Å². The fraction of sp³-hybridized carbons (Fsp3) is 1.00. The van der Waals surface area contributed by atoms with E-state index in [1.807, 2.05) is 0 Å². The molecule has 0 spiro atoms. The van der Waals surface area contributed by atoms with Gasteiger partial charge in [0.25, 0.3) is 0 Å². The van der Waals surface area contributed by atoms with Gasteiger partial charge in [0.05, 0.1) is 26.2 Å². The molecule has 0 aliphatic carbocycles. The van der Waals surface area contributed by atoms with Crippen LogP contribution in [-0.2, 0) is 0 Å². The van der Waals surface area contributed by atoms with Crippen molar-refractivity contribution in [3.8, 4) is 0 Å². The predicted octanol–water partition coefficient (Wildman–Crippen LogP) is 10.3. The standard InChI is InChI=1S/C30H64N.H2O/c1-5-9-11-13-15-17-19-21-23-25-29-31(27-7-3,28-8-4)30-26-24-22-20-18-16-14-12-10-6-2;/h5-30H2,1-4H3;1H2/q+1;/p-1. The summed E-state index contributed by atoms with van der Waals surface area (Å²) < 4.78 is 1.43. The second kappa shape index (κ2) is 27.2. The van der Waals surface area contributed by atoms with E-state index in [1.54, 1.807) is 0 Å². The van der Waals surface area contributed by atoms with Gasteiger partial charge in [-0.3, -0.25) is 0 Å². The Hall–Kier alpha value is -0.0800. The Morgan fingerprint density at radius 2 is 0.531 bits per heavy atom. The number of nitrogens with zero attached hydrogens (tertiary/aromatic N) is 1. The first kappa shape index (κ1) is 34.1. The highest BCUT2D eigenvalue weighted by Crippen LogP contribution is 2.18. The molecule has 0 aromatic carbocycles. The van der Waals surface area contributed by atoms with E-state index in [-0.39, 0.29) is 5.48 Å². The molecule has 0 saturated heterocycles. The zero-order chi connectivity index (χ0) is 22.9. The molecule has 0 fully saturated rings. The van der Waals surface area contributed by atoms with Crippen molar-refractivity contribution < 1.29 is 9.96 Å². The summed E-state index contributed by atoms with van der Waals surface area (Å²) in [7, 11) is 0. The van der Waals surface area contributed by atoms with Gasteiger partial charge in [-0.2, -0.15) is 0 Å². The Morgan fingerprint density at radius 1 is 0.281 bits per heavy atom. The summed E-state index contributed by atoms with van der Waals surface area (Å²) in [5, 5.41) is 0. The van der Waals surface area contributed by atoms with Crippen LogP contribution in [0.4, 0.5) is 0 Å². The van der Waals surface area contributed by atoms with E-state index in [0.29, 0.717) is 0 Å². The Bertz CT molecular complexity index is 299. The Balaban J connectivity index is 0. The average molecular weight is 456 g/mol. The number of unbranched alkanes of at least 4 members (excludes halogenated alkanes) is 18. The molecule has 0 aliphatic heterocycles. The summed E-state index contributed by atoms with van der Waals surface area (Å²) in [6.45, 7) is 15.2. The van der Waals surface area contributed by atoms with Gasteiger partial charge in [0.1, 0.15) is 0 Å². The van der Waals surface area contributed by atoms with Crippen LogP contribution in [0.5, 0.6) is 0 Å². The molecule has 2 heteroatoms. The van der Waals surface area contributed by atoms with Crippen LogP contribution < -0.4 is 0 Å². The maximum absolute atomic E-state index is 2.40. The molecule has 0 unspecified atom stereocenters. The van der Waals surface area contributed by atoms with Crippen molar-refractivity contribution >= 4 is 0 Å². The number of hydrogen-bond donors (Lipinski definition) is 0. The molecule has 0 aliphatic rings. The van der Waals surface area contributed by atoms with Crippen LogP contribution in [0, 0.1) is 0 Å². The van der Waals surface area contributed by atoms with Crippen molar-refractivity contribution in [2.24, 2.45) is 0 Å². The average Bonchev–Trinajstić information content (AvgIpc) is 2.77. The molecule has 196 valence electrons. The lowest BCUT2D eigenvalue weighted by Gasteiger charge is -2.39. The first-order chi connectivity index (χ1) is 15.2. The van der Waals surface area contributed by atoms with E-state index in [9.17, 15) is 0 Å². The Morgan fingerprint density at radius 3 is 0.781 bits per heavy atom. The van der Waals surface area contributed by atoms with Gasteiger partial charge >= 0.3 is 0 Å². The highest BCUT2D eigenvalue weighted by Gasteiger charge is 2.24. The maximum atomic E-state index is 2.40. The van der Waals surface area contributed by atoms with E-state index in [4.69, 9.17) is 0 Å². The molecule has 2 nitrogen and oxygen atoms in total. The number of quaternary nitrogens is 1. The molecular weight excluding hydrogens is 390 g/mol.